The van der Waals surface area contributed by atoms with E-state index in [0.29, 0.717) is 22.8 Å². The summed E-state index contributed by atoms with van der Waals surface area (Å²) >= 11 is 5.89. The van der Waals surface area contributed by atoms with Gasteiger partial charge in [0.25, 0.3) is 0 Å². The van der Waals surface area contributed by atoms with Crippen LogP contribution in [0.25, 0.3) is 0 Å². The first-order valence-electron chi connectivity index (χ1n) is 4.90. The average Bonchev–Trinajstić information content (AvgIpc) is 2.17. The molecule has 1 aromatic carbocycles. The van der Waals surface area contributed by atoms with Crippen molar-refractivity contribution < 1.29 is 9.59 Å². The Kier molecular flexibility index (Phi) is 4.31. The number of hydrogen-bond acceptors (Lipinski definition) is 2. The fourth-order valence-electron chi connectivity index (χ4n) is 1.21. The Morgan fingerprint density at radius 3 is 2.56 bits per heavy atom. The van der Waals surface area contributed by atoms with E-state index in [1.165, 1.54) is 6.92 Å². The molecule has 0 radical (unpaired) electrons. The van der Waals surface area contributed by atoms with Gasteiger partial charge in [-0.3, -0.25) is 4.79 Å². The van der Waals surface area contributed by atoms with Crippen molar-refractivity contribution in [3.8, 4) is 0 Å². The molecule has 0 aliphatic heterocycles. The van der Waals surface area contributed by atoms with Crippen LogP contribution in [-0.2, 0) is 0 Å². The number of anilines is 1. The lowest BCUT2D eigenvalue weighted by Crippen LogP contribution is -2.28. The maximum Gasteiger partial charge on any atom is 0.319 e. The number of carbonyl (C=O) groups excluding carboxylic acids is 2. The minimum absolute atomic E-state index is 0.102. The molecule has 86 valence electrons. The number of rotatable bonds is 3. The van der Waals surface area contributed by atoms with Gasteiger partial charge in [0.05, 0.1) is 5.02 Å². The van der Waals surface area contributed by atoms with Crippen LogP contribution >= 0.6 is 11.6 Å². The molecule has 0 saturated heterocycles. The fourth-order valence-corrected chi connectivity index (χ4v) is 1.53. The summed E-state index contributed by atoms with van der Waals surface area (Å²) in [4.78, 5) is 22.3. The molecule has 1 aromatic rings. The molecule has 2 N–H and O–H groups in total. The summed E-state index contributed by atoms with van der Waals surface area (Å²) < 4.78 is 0. The van der Waals surface area contributed by atoms with Crippen LogP contribution in [0.5, 0.6) is 0 Å². The molecule has 0 aliphatic carbocycles. The molecule has 5 heteroatoms. The molecule has 0 saturated carbocycles. The number of Topliss-reactive ketones (excluding diaryl/α,β-unsaturated/α-hetero) is 1. The van der Waals surface area contributed by atoms with E-state index in [4.69, 9.17) is 11.6 Å². The van der Waals surface area contributed by atoms with Gasteiger partial charge in [0.15, 0.2) is 5.78 Å². The molecule has 1 rings (SSSR count). The van der Waals surface area contributed by atoms with Crippen molar-refractivity contribution in [2.75, 3.05) is 11.9 Å². The van der Waals surface area contributed by atoms with Crippen LogP contribution in [0.4, 0.5) is 10.5 Å². The number of amides is 2. The first-order valence-corrected chi connectivity index (χ1v) is 5.27. The number of hydrogen-bond donors (Lipinski definition) is 2. The van der Waals surface area contributed by atoms with E-state index >= 15 is 0 Å². The van der Waals surface area contributed by atoms with Crippen molar-refractivity contribution >= 4 is 29.1 Å². The summed E-state index contributed by atoms with van der Waals surface area (Å²) in [6, 6.07) is 4.48. The molecule has 4 nitrogen and oxygen atoms in total. The normalized spacial score (nSPS) is 9.69. The summed E-state index contributed by atoms with van der Waals surface area (Å²) in [6.07, 6.45) is 0. The number of halogens is 1. The molecule has 0 heterocycles. The Balaban J connectivity index is 2.81. The average molecular weight is 241 g/mol. The molecule has 0 unspecified atom stereocenters. The Labute approximate surface area is 99.0 Å². The Bertz CT molecular complexity index is 418. The zero-order valence-corrected chi connectivity index (χ0v) is 9.89. The highest BCUT2D eigenvalue weighted by molar-refractivity contribution is 6.34. The summed E-state index contributed by atoms with van der Waals surface area (Å²) in [5.74, 6) is -0.102. The Hall–Kier alpha value is -1.55. The minimum atomic E-state index is -0.297. The van der Waals surface area contributed by atoms with E-state index < -0.39 is 0 Å². The van der Waals surface area contributed by atoms with Crippen molar-refractivity contribution in [3.05, 3.63) is 28.8 Å². The lowest BCUT2D eigenvalue weighted by atomic mass is 10.1. The highest BCUT2D eigenvalue weighted by Crippen LogP contribution is 2.21. The molecule has 0 fully saturated rings. The number of nitrogens with one attached hydrogen (secondary N) is 2. The number of ketones is 1. The zero-order valence-electron chi connectivity index (χ0n) is 9.13. The van der Waals surface area contributed by atoms with Gasteiger partial charge in [0.1, 0.15) is 0 Å². The van der Waals surface area contributed by atoms with Crippen LogP contribution in [0.15, 0.2) is 18.2 Å². The van der Waals surface area contributed by atoms with E-state index in [2.05, 4.69) is 10.6 Å². The standard InChI is InChI=1S/C11H13ClN2O2/c1-3-13-11(16)14-8-4-5-9(7(2)15)10(12)6-8/h4-6H,3H2,1-2H3,(H2,13,14,16). The summed E-state index contributed by atoms with van der Waals surface area (Å²) in [5.41, 5.74) is 1.00. The molecular weight excluding hydrogens is 228 g/mol. The second-order valence-electron chi connectivity index (χ2n) is 3.24. The van der Waals surface area contributed by atoms with Crippen LogP contribution < -0.4 is 10.6 Å². The van der Waals surface area contributed by atoms with Crippen molar-refractivity contribution in [1.82, 2.24) is 5.32 Å². The fraction of sp³-hybridized carbons (Fsp3) is 0.273. The van der Waals surface area contributed by atoms with E-state index in [-0.39, 0.29) is 11.8 Å². The summed E-state index contributed by atoms with van der Waals surface area (Å²) in [6.45, 7) is 3.81. The smallest absolute Gasteiger partial charge is 0.319 e. The van der Waals surface area contributed by atoms with Gasteiger partial charge < -0.3 is 10.6 Å². The summed E-state index contributed by atoms with van der Waals surface area (Å²) in [5, 5.41) is 5.53. The van der Waals surface area contributed by atoms with Crippen molar-refractivity contribution in [2.45, 2.75) is 13.8 Å². The molecule has 16 heavy (non-hydrogen) atoms. The maximum absolute atomic E-state index is 11.2. The molecule has 2 amide bonds. The SMILES string of the molecule is CCNC(=O)Nc1ccc(C(C)=O)c(Cl)c1. The van der Waals surface area contributed by atoms with E-state index in [9.17, 15) is 9.59 Å². The van der Waals surface area contributed by atoms with Crippen molar-refractivity contribution in [2.24, 2.45) is 0 Å². The molecule has 0 spiro atoms. The first-order chi connectivity index (χ1) is 7.54. The zero-order chi connectivity index (χ0) is 12.1. The first kappa shape index (κ1) is 12.5. The van der Waals surface area contributed by atoms with Crippen LogP contribution in [0.3, 0.4) is 0 Å². The molecule has 0 bridgehead atoms. The van der Waals surface area contributed by atoms with E-state index in [0.717, 1.165) is 0 Å². The van der Waals surface area contributed by atoms with Gasteiger partial charge in [-0.05, 0) is 32.0 Å². The second kappa shape index (κ2) is 5.51. The van der Waals surface area contributed by atoms with Gasteiger partial charge >= 0.3 is 6.03 Å². The molecule has 0 aromatic heterocycles. The lowest BCUT2D eigenvalue weighted by molar-refractivity contribution is 0.101. The molecule has 0 aliphatic rings. The van der Waals surface area contributed by atoms with Crippen LogP contribution in [0, 0.1) is 0 Å². The topological polar surface area (TPSA) is 58.2 Å². The van der Waals surface area contributed by atoms with E-state index in [1.54, 1.807) is 18.2 Å². The predicted molar refractivity (Wildman–Crippen MR) is 64.2 cm³/mol. The Morgan fingerprint density at radius 2 is 2.06 bits per heavy atom. The van der Waals surface area contributed by atoms with Gasteiger partial charge in [-0.25, -0.2) is 4.79 Å². The maximum atomic E-state index is 11.2. The van der Waals surface area contributed by atoms with Gasteiger partial charge in [0, 0.05) is 17.8 Å². The van der Waals surface area contributed by atoms with Crippen LogP contribution in [0.2, 0.25) is 5.02 Å². The van der Waals surface area contributed by atoms with E-state index in [1.807, 2.05) is 6.92 Å². The summed E-state index contributed by atoms with van der Waals surface area (Å²) in [7, 11) is 0. The highest BCUT2D eigenvalue weighted by atomic mass is 35.5. The second-order valence-corrected chi connectivity index (χ2v) is 3.64. The van der Waals surface area contributed by atoms with Crippen molar-refractivity contribution in [3.63, 3.8) is 0 Å². The third-order valence-corrected chi connectivity index (χ3v) is 2.26. The number of urea groups is 1. The molecular formula is C11H13ClN2O2. The number of benzene rings is 1. The van der Waals surface area contributed by atoms with Crippen LogP contribution in [0.1, 0.15) is 24.2 Å². The monoisotopic (exact) mass is 240 g/mol. The minimum Gasteiger partial charge on any atom is -0.338 e. The number of carbonyl (C=O) groups is 2. The predicted octanol–water partition coefficient (Wildman–Crippen LogP) is 2.68. The highest BCUT2D eigenvalue weighted by Gasteiger charge is 2.07. The van der Waals surface area contributed by atoms with Gasteiger partial charge in [-0.15, -0.1) is 0 Å². The third-order valence-electron chi connectivity index (χ3n) is 1.94. The van der Waals surface area contributed by atoms with Crippen LogP contribution in [-0.4, -0.2) is 18.4 Å². The van der Waals surface area contributed by atoms with Gasteiger partial charge in [-0.2, -0.15) is 0 Å². The lowest BCUT2D eigenvalue weighted by Gasteiger charge is -2.07. The Morgan fingerprint density at radius 1 is 1.38 bits per heavy atom. The largest absolute Gasteiger partial charge is 0.338 e. The van der Waals surface area contributed by atoms with Crippen molar-refractivity contribution in [1.29, 1.82) is 0 Å². The third kappa shape index (κ3) is 3.24. The quantitative estimate of drug-likeness (QED) is 0.798. The molecule has 0 atom stereocenters. The van der Waals surface area contributed by atoms with Gasteiger partial charge in [-0.1, -0.05) is 11.6 Å². The van der Waals surface area contributed by atoms with Gasteiger partial charge in [0.2, 0.25) is 0 Å².